The summed E-state index contributed by atoms with van der Waals surface area (Å²) in [7, 11) is 0. The van der Waals surface area contributed by atoms with Gasteiger partial charge in [0.15, 0.2) is 0 Å². The molecule has 0 aliphatic rings. The Morgan fingerprint density at radius 1 is 0.262 bits per heavy atom. The first kappa shape index (κ1) is 42.2. The van der Waals surface area contributed by atoms with Crippen LogP contribution in [0.5, 0.6) is 0 Å². The van der Waals surface area contributed by atoms with Gasteiger partial charge in [0.2, 0.25) is 0 Å². The summed E-state index contributed by atoms with van der Waals surface area (Å²) in [5.41, 5.74) is 4.86. The molecule has 4 heterocycles. The van der Waals surface area contributed by atoms with Crippen LogP contribution < -0.4 is 0 Å². The van der Waals surface area contributed by atoms with Crippen LogP contribution in [-0.2, 0) is 0 Å². The average Bonchev–Trinajstić information content (AvgIpc) is 3.14. The lowest BCUT2D eigenvalue weighted by atomic mass is 10.2. The molecule has 0 aliphatic heterocycles. The SMILES string of the molecule is CC.CC.CC.CC.CC.CC.c1ccc2ncccc2c1.c1ccc2nccnc2c1.c1cnc2cccnc2c1. The van der Waals surface area contributed by atoms with E-state index in [1.54, 1.807) is 24.8 Å². The van der Waals surface area contributed by atoms with Gasteiger partial charge in [0.1, 0.15) is 0 Å². The van der Waals surface area contributed by atoms with Gasteiger partial charge < -0.3 is 0 Å². The van der Waals surface area contributed by atoms with Crippen LogP contribution in [0.2, 0.25) is 0 Å². The van der Waals surface area contributed by atoms with Gasteiger partial charge in [-0.25, -0.2) is 0 Å². The Kier molecular flexibility index (Phi) is 33.1. The molecule has 0 saturated carbocycles. The van der Waals surface area contributed by atoms with Crippen molar-refractivity contribution in [3.63, 3.8) is 0 Å². The predicted octanol–water partition coefficient (Wildman–Crippen LogP) is 11.7. The highest BCUT2D eigenvalue weighted by atomic mass is 14.8. The molecule has 5 nitrogen and oxygen atoms in total. The fourth-order valence-corrected chi connectivity index (χ4v) is 2.83. The van der Waals surface area contributed by atoms with E-state index in [4.69, 9.17) is 0 Å². The fourth-order valence-electron chi connectivity index (χ4n) is 2.83. The molecule has 0 unspecified atom stereocenters. The maximum absolute atomic E-state index is 4.18. The van der Waals surface area contributed by atoms with Crippen molar-refractivity contribution in [3.05, 3.63) is 116 Å². The van der Waals surface area contributed by atoms with Gasteiger partial charge in [-0.2, -0.15) is 0 Å². The number of rotatable bonds is 0. The third kappa shape index (κ3) is 17.4. The van der Waals surface area contributed by atoms with Crippen molar-refractivity contribution >= 4 is 33.0 Å². The van der Waals surface area contributed by atoms with E-state index < -0.39 is 0 Å². The molecule has 4 aromatic heterocycles. The largest absolute Gasteiger partial charge is 0.256 e. The van der Waals surface area contributed by atoms with E-state index in [0.717, 1.165) is 27.6 Å². The van der Waals surface area contributed by atoms with Crippen LogP contribution >= 0.6 is 0 Å². The Labute approximate surface area is 256 Å². The first-order chi connectivity index (χ1) is 20.9. The van der Waals surface area contributed by atoms with E-state index >= 15 is 0 Å². The van der Waals surface area contributed by atoms with Gasteiger partial charge in [0.25, 0.3) is 0 Å². The molecule has 5 heteroatoms. The number of aromatic nitrogens is 5. The second-order valence-corrected chi connectivity index (χ2v) is 6.29. The maximum Gasteiger partial charge on any atom is 0.0886 e. The highest BCUT2D eigenvalue weighted by Crippen LogP contribution is 2.08. The minimum absolute atomic E-state index is 0.949. The molecule has 2 aromatic carbocycles. The van der Waals surface area contributed by atoms with Crippen LogP contribution in [0.3, 0.4) is 0 Å². The number of pyridine rings is 3. The van der Waals surface area contributed by atoms with E-state index in [0.29, 0.717) is 0 Å². The van der Waals surface area contributed by atoms with Gasteiger partial charge >= 0.3 is 0 Å². The summed E-state index contributed by atoms with van der Waals surface area (Å²) in [5, 5.41) is 1.20. The van der Waals surface area contributed by atoms with Gasteiger partial charge in [-0.15, -0.1) is 0 Å². The molecule has 0 atom stereocenters. The summed E-state index contributed by atoms with van der Waals surface area (Å²) in [5.74, 6) is 0. The third-order valence-electron chi connectivity index (χ3n) is 4.26. The Morgan fingerprint density at radius 3 is 0.881 bits per heavy atom. The monoisotopic (exact) mass is 569 g/mol. The first-order valence-electron chi connectivity index (χ1n) is 15.5. The number of hydrogen-bond donors (Lipinski definition) is 0. The van der Waals surface area contributed by atoms with Crippen LogP contribution in [0.1, 0.15) is 83.1 Å². The van der Waals surface area contributed by atoms with Crippen LogP contribution in [0.15, 0.2) is 116 Å². The van der Waals surface area contributed by atoms with E-state index in [-0.39, 0.29) is 0 Å². The molecule has 0 saturated heterocycles. The Hall–Kier alpha value is -4.25. The zero-order chi connectivity index (χ0) is 32.4. The van der Waals surface area contributed by atoms with Crippen LogP contribution in [0.25, 0.3) is 33.0 Å². The smallest absolute Gasteiger partial charge is 0.0886 e. The van der Waals surface area contributed by atoms with Gasteiger partial charge in [-0.3, -0.25) is 24.9 Å². The van der Waals surface area contributed by atoms with Crippen molar-refractivity contribution < 1.29 is 0 Å². The second-order valence-electron chi connectivity index (χ2n) is 6.29. The molecule has 0 spiro atoms. The number of hydrogen-bond acceptors (Lipinski definition) is 5. The minimum atomic E-state index is 0.949. The zero-order valence-electron chi connectivity index (χ0n) is 28.2. The molecule has 0 amide bonds. The molecular weight excluding hydrogens is 514 g/mol. The van der Waals surface area contributed by atoms with Gasteiger partial charge in [-0.1, -0.05) is 119 Å². The van der Waals surface area contributed by atoms with Crippen molar-refractivity contribution in [1.82, 2.24) is 24.9 Å². The van der Waals surface area contributed by atoms with Gasteiger partial charge in [-0.05, 0) is 48.5 Å². The topological polar surface area (TPSA) is 64.5 Å². The van der Waals surface area contributed by atoms with E-state index in [1.807, 2.05) is 162 Å². The first-order valence-corrected chi connectivity index (χ1v) is 15.5. The van der Waals surface area contributed by atoms with Crippen molar-refractivity contribution in [3.8, 4) is 0 Å². The Bertz CT molecular complexity index is 1000. The summed E-state index contributed by atoms with van der Waals surface area (Å²) in [6.07, 6.45) is 8.74. The lowest BCUT2D eigenvalue weighted by molar-refractivity contribution is 1.29. The number of nitrogens with zero attached hydrogens (tertiary/aromatic N) is 5. The van der Waals surface area contributed by atoms with Crippen molar-refractivity contribution in [2.45, 2.75) is 83.1 Å². The van der Waals surface area contributed by atoms with Gasteiger partial charge in [0, 0.05) is 36.4 Å². The fraction of sp³-hybridized carbons (Fsp3) is 0.324. The van der Waals surface area contributed by atoms with E-state index in [1.165, 1.54) is 5.39 Å². The molecular formula is C37H55N5. The molecule has 0 radical (unpaired) electrons. The normalized spacial score (nSPS) is 8.00. The Balaban J connectivity index is -0.000000461. The van der Waals surface area contributed by atoms with Crippen molar-refractivity contribution in [1.29, 1.82) is 0 Å². The summed E-state index contributed by atoms with van der Waals surface area (Å²) in [6, 6.07) is 27.6. The van der Waals surface area contributed by atoms with E-state index in [9.17, 15) is 0 Å². The van der Waals surface area contributed by atoms with Crippen LogP contribution in [0, 0.1) is 0 Å². The molecule has 228 valence electrons. The number of fused-ring (bicyclic) bond motifs is 3. The Morgan fingerprint density at radius 2 is 0.500 bits per heavy atom. The quantitative estimate of drug-likeness (QED) is 0.182. The highest BCUT2D eigenvalue weighted by Gasteiger charge is 1.89. The molecule has 42 heavy (non-hydrogen) atoms. The van der Waals surface area contributed by atoms with Crippen molar-refractivity contribution in [2.24, 2.45) is 0 Å². The molecule has 0 bridgehead atoms. The maximum atomic E-state index is 4.18. The molecule has 0 aliphatic carbocycles. The van der Waals surface area contributed by atoms with Crippen LogP contribution in [-0.4, -0.2) is 24.9 Å². The molecule has 6 aromatic rings. The van der Waals surface area contributed by atoms with Crippen LogP contribution in [0.4, 0.5) is 0 Å². The lowest BCUT2D eigenvalue weighted by Gasteiger charge is -1.91. The van der Waals surface area contributed by atoms with Gasteiger partial charge in [0.05, 0.1) is 27.6 Å². The molecule has 0 N–H and O–H groups in total. The van der Waals surface area contributed by atoms with Crippen molar-refractivity contribution in [2.75, 3.05) is 0 Å². The number of benzene rings is 2. The summed E-state index contributed by atoms with van der Waals surface area (Å²) in [6.45, 7) is 24.0. The van der Waals surface area contributed by atoms with E-state index in [2.05, 4.69) is 37.1 Å². The zero-order valence-corrected chi connectivity index (χ0v) is 28.2. The summed E-state index contributed by atoms with van der Waals surface area (Å²) >= 11 is 0. The highest BCUT2D eigenvalue weighted by molar-refractivity contribution is 5.77. The minimum Gasteiger partial charge on any atom is -0.256 e. The average molecular weight is 570 g/mol. The summed E-state index contributed by atoms with van der Waals surface area (Å²) in [4.78, 5) is 20.7. The molecule has 0 fully saturated rings. The number of para-hydroxylation sites is 3. The summed E-state index contributed by atoms with van der Waals surface area (Å²) < 4.78 is 0. The lowest BCUT2D eigenvalue weighted by Crippen LogP contribution is -1.78. The third-order valence-corrected chi connectivity index (χ3v) is 4.26. The second kappa shape index (κ2) is 33.0. The predicted molar refractivity (Wildman–Crippen MR) is 189 cm³/mol. The molecule has 6 rings (SSSR count). The standard InChI is InChI=1S/C9H7N.2C8H6N2.6C2H6/c1-2-6-9-8(4-1)5-3-7-10-9;1-3-7-8(9-5-1)4-2-6-10-7;1-2-4-8-7(3-1)9-5-6-10-8;6*1-2/h1-7H;2*1-6H;6*1-2H3.